The van der Waals surface area contributed by atoms with E-state index >= 15 is 0 Å². The van der Waals surface area contributed by atoms with Crippen LogP contribution in [0.5, 0.6) is 0 Å². The number of piperazine rings is 1. The Morgan fingerprint density at radius 3 is 2.56 bits per heavy atom. The molecule has 0 amide bonds. The third-order valence-electron chi connectivity index (χ3n) is 8.53. The molecule has 0 spiro atoms. The van der Waals surface area contributed by atoms with Crippen LogP contribution in [0.3, 0.4) is 0 Å². The molecular formula is C23H39N3S. The molecular weight excluding hydrogens is 350 g/mol. The van der Waals surface area contributed by atoms with Crippen molar-refractivity contribution < 1.29 is 0 Å². The van der Waals surface area contributed by atoms with Crippen LogP contribution in [0.2, 0.25) is 0 Å². The number of hydrogen-bond acceptors (Lipinski definition) is 4. The second-order valence-electron chi connectivity index (χ2n) is 10.5. The third-order valence-corrected chi connectivity index (χ3v) is 9.94. The Labute approximate surface area is 171 Å². The van der Waals surface area contributed by atoms with Crippen molar-refractivity contribution in [3.05, 3.63) is 11.8 Å². The lowest BCUT2D eigenvalue weighted by molar-refractivity contribution is 0.121. The first-order valence-electron chi connectivity index (χ1n) is 11.7. The predicted molar refractivity (Wildman–Crippen MR) is 116 cm³/mol. The van der Waals surface area contributed by atoms with E-state index in [-0.39, 0.29) is 0 Å². The van der Waals surface area contributed by atoms with E-state index in [1.807, 2.05) is 5.57 Å². The van der Waals surface area contributed by atoms with Gasteiger partial charge in [0.25, 0.3) is 0 Å². The smallest absolute Gasteiger partial charge is 0.0468 e. The molecule has 0 radical (unpaired) electrons. The van der Waals surface area contributed by atoms with Gasteiger partial charge in [-0.15, -0.1) is 0 Å². The van der Waals surface area contributed by atoms with Gasteiger partial charge < -0.3 is 14.1 Å². The topological polar surface area (TPSA) is 9.72 Å². The molecule has 1 saturated heterocycles. The molecule has 152 valence electrons. The minimum absolute atomic E-state index is 0.827. The molecule has 2 bridgehead atoms. The van der Waals surface area contributed by atoms with Crippen molar-refractivity contribution in [3.63, 3.8) is 0 Å². The van der Waals surface area contributed by atoms with E-state index in [9.17, 15) is 0 Å². The molecule has 3 aliphatic heterocycles. The summed E-state index contributed by atoms with van der Waals surface area (Å²) in [6.07, 6.45) is 11.4. The normalized spacial score (nSPS) is 42.8. The van der Waals surface area contributed by atoms with E-state index in [0.29, 0.717) is 0 Å². The SMILES string of the molecule is CC(C)C1CCC2C3=CN(SC4CC(CN5CCN(C)CC5)CCC34)C2C1. The van der Waals surface area contributed by atoms with Crippen LogP contribution in [0.4, 0.5) is 0 Å². The number of hydrogen-bond donors (Lipinski definition) is 0. The average molecular weight is 390 g/mol. The van der Waals surface area contributed by atoms with Crippen LogP contribution >= 0.6 is 11.9 Å². The molecule has 6 unspecified atom stereocenters. The fourth-order valence-corrected chi connectivity index (χ4v) is 8.38. The predicted octanol–water partition coefficient (Wildman–Crippen LogP) is 4.32. The van der Waals surface area contributed by atoms with Gasteiger partial charge >= 0.3 is 0 Å². The van der Waals surface area contributed by atoms with Gasteiger partial charge in [0.1, 0.15) is 0 Å². The maximum atomic E-state index is 2.75. The van der Waals surface area contributed by atoms with Crippen LogP contribution in [-0.4, -0.2) is 65.2 Å². The Kier molecular flexibility index (Phi) is 5.28. The molecule has 2 aliphatic carbocycles. The van der Waals surface area contributed by atoms with E-state index in [4.69, 9.17) is 0 Å². The van der Waals surface area contributed by atoms with Crippen molar-refractivity contribution in [1.29, 1.82) is 0 Å². The standard InChI is InChI=1S/C23H39N3S/c1-16(2)18-5-7-19-21-15-26(22(19)13-18)27-23-12-17(4-6-20(21)23)14-25-10-8-24(3)9-11-25/h15-20,22-23H,4-14H2,1-3H3. The van der Waals surface area contributed by atoms with Gasteiger partial charge in [-0.2, -0.15) is 0 Å². The zero-order chi connectivity index (χ0) is 18.5. The van der Waals surface area contributed by atoms with Gasteiger partial charge in [0.2, 0.25) is 0 Å². The van der Waals surface area contributed by atoms with Crippen molar-refractivity contribution in [2.45, 2.75) is 63.7 Å². The maximum absolute atomic E-state index is 2.75. The number of likely N-dealkylation sites (N-methyl/N-ethyl adjacent to an activating group) is 1. The van der Waals surface area contributed by atoms with E-state index in [0.717, 1.165) is 40.9 Å². The minimum Gasteiger partial charge on any atom is -0.319 e. The second kappa shape index (κ2) is 7.57. The molecule has 27 heavy (non-hydrogen) atoms. The fourth-order valence-electron chi connectivity index (χ4n) is 6.70. The van der Waals surface area contributed by atoms with E-state index < -0.39 is 0 Å². The highest BCUT2D eigenvalue weighted by Gasteiger charge is 2.50. The third kappa shape index (κ3) is 3.59. The summed E-state index contributed by atoms with van der Waals surface area (Å²) in [4.78, 5) is 5.23. The summed E-state index contributed by atoms with van der Waals surface area (Å²) in [6.45, 7) is 11.3. The first-order chi connectivity index (χ1) is 13.1. The van der Waals surface area contributed by atoms with Crippen LogP contribution in [0.15, 0.2) is 11.8 Å². The Hall–Kier alpha value is -0.190. The Morgan fingerprint density at radius 1 is 1.00 bits per heavy atom. The zero-order valence-electron chi connectivity index (χ0n) is 17.6. The van der Waals surface area contributed by atoms with E-state index in [1.165, 1.54) is 71.2 Å². The van der Waals surface area contributed by atoms with Crippen molar-refractivity contribution >= 4 is 11.9 Å². The highest BCUT2D eigenvalue weighted by atomic mass is 32.2. The van der Waals surface area contributed by atoms with Crippen LogP contribution in [0.1, 0.15) is 52.4 Å². The van der Waals surface area contributed by atoms with Gasteiger partial charge in [-0.25, -0.2) is 0 Å². The number of rotatable bonds is 3. The first kappa shape index (κ1) is 18.8. The van der Waals surface area contributed by atoms with Crippen molar-refractivity contribution in [2.75, 3.05) is 39.8 Å². The molecule has 0 aromatic carbocycles. The van der Waals surface area contributed by atoms with Gasteiger partial charge in [0, 0.05) is 56.1 Å². The van der Waals surface area contributed by atoms with Gasteiger partial charge in [-0.05, 0) is 86.8 Å². The largest absolute Gasteiger partial charge is 0.319 e. The zero-order valence-corrected chi connectivity index (χ0v) is 18.5. The molecule has 0 aromatic heterocycles. The summed E-state index contributed by atoms with van der Waals surface area (Å²) in [7, 11) is 2.27. The van der Waals surface area contributed by atoms with E-state index in [1.54, 1.807) is 0 Å². The average Bonchev–Trinajstić information content (AvgIpc) is 2.96. The van der Waals surface area contributed by atoms with Crippen LogP contribution < -0.4 is 0 Å². The lowest BCUT2D eigenvalue weighted by Gasteiger charge is -2.42. The Balaban J connectivity index is 1.21. The summed E-state index contributed by atoms with van der Waals surface area (Å²) in [5.74, 6) is 4.55. The molecule has 6 atom stereocenters. The number of nitrogens with zero attached hydrogens (tertiary/aromatic N) is 3. The van der Waals surface area contributed by atoms with Crippen molar-refractivity contribution in [1.82, 2.24) is 14.1 Å². The summed E-state index contributed by atoms with van der Waals surface area (Å²) in [5, 5.41) is 0.874. The summed E-state index contributed by atoms with van der Waals surface area (Å²) >= 11 is 2.25. The minimum atomic E-state index is 0.827. The summed E-state index contributed by atoms with van der Waals surface area (Å²) in [5.41, 5.74) is 1.88. The van der Waals surface area contributed by atoms with Crippen molar-refractivity contribution in [3.8, 4) is 0 Å². The fraction of sp³-hybridized carbons (Fsp3) is 0.913. The quantitative estimate of drug-likeness (QED) is 0.665. The summed E-state index contributed by atoms with van der Waals surface area (Å²) in [6, 6.07) is 0.827. The molecule has 3 fully saturated rings. The van der Waals surface area contributed by atoms with Crippen LogP contribution in [0, 0.1) is 29.6 Å². The molecule has 3 nitrogen and oxygen atoms in total. The molecule has 0 aromatic rings. The van der Waals surface area contributed by atoms with Gasteiger partial charge in [-0.3, -0.25) is 0 Å². The Bertz CT molecular complexity index is 568. The molecule has 5 aliphatic rings. The summed E-state index contributed by atoms with van der Waals surface area (Å²) < 4.78 is 2.74. The molecule has 3 heterocycles. The van der Waals surface area contributed by atoms with Crippen LogP contribution in [0.25, 0.3) is 0 Å². The molecule has 5 rings (SSSR count). The first-order valence-corrected chi connectivity index (χ1v) is 12.5. The number of fused-ring (bicyclic) bond motifs is 6. The lowest BCUT2D eigenvalue weighted by atomic mass is 9.68. The monoisotopic (exact) mass is 389 g/mol. The maximum Gasteiger partial charge on any atom is 0.0468 e. The van der Waals surface area contributed by atoms with Gasteiger partial charge in [-0.1, -0.05) is 13.8 Å². The van der Waals surface area contributed by atoms with Gasteiger partial charge in [0.15, 0.2) is 0 Å². The van der Waals surface area contributed by atoms with Crippen LogP contribution in [-0.2, 0) is 0 Å². The van der Waals surface area contributed by atoms with Gasteiger partial charge in [0.05, 0.1) is 0 Å². The van der Waals surface area contributed by atoms with E-state index in [2.05, 4.69) is 53.1 Å². The lowest BCUT2D eigenvalue weighted by Crippen LogP contribution is -2.47. The van der Waals surface area contributed by atoms with Crippen molar-refractivity contribution in [2.24, 2.45) is 29.6 Å². The molecule has 4 heteroatoms. The highest BCUT2D eigenvalue weighted by Crippen LogP contribution is 2.57. The Morgan fingerprint density at radius 2 is 1.78 bits per heavy atom. The molecule has 2 saturated carbocycles. The molecule has 0 N–H and O–H groups in total. The second-order valence-corrected chi connectivity index (χ2v) is 11.8. The highest BCUT2D eigenvalue weighted by molar-refractivity contribution is 7.97.